The maximum Gasteiger partial charge on any atom is 0.509 e. The topological polar surface area (TPSA) is 138 Å². The van der Waals surface area contributed by atoms with E-state index >= 15 is 0 Å². The highest BCUT2D eigenvalue weighted by Crippen LogP contribution is 2.28. The van der Waals surface area contributed by atoms with Gasteiger partial charge in [0.25, 0.3) is 10.1 Å². The van der Waals surface area contributed by atoms with Crippen LogP contribution in [0.2, 0.25) is 0 Å². The summed E-state index contributed by atoms with van der Waals surface area (Å²) in [6, 6.07) is 12.9. The lowest BCUT2D eigenvalue weighted by atomic mass is 10.1. The summed E-state index contributed by atoms with van der Waals surface area (Å²) in [7, 11) is -4.34. The minimum absolute atomic E-state index is 0.00257. The van der Waals surface area contributed by atoms with Crippen LogP contribution in [0.15, 0.2) is 59.5 Å². The van der Waals surface area contributed by atoms with E-state index in [0.29, 0.717) is 0 Å². The van der Waals surface area contributed by atoms with Gasteiger partial charge in [0, 0.05) is 0 Å². The summed E-state index contributed by atoms with van der Waals surface area (Å²) in [6.45, 7) is 4.61. The number of ether oxygens (including phenoxy) is 4. The monoisotopic (exact) mass is 482 g/mol. The lowest BCUT2D eigenvalue weighted by Crippen LogP contribution is -2.57. The van der Waals surface area contributed by atoms with Crippen molar-refractivity contribution in [2.24, 2.45) is 0 Å². The second-order valence-corrected chi connectivity index (χ2v) is 9.82. The van der Waals surface area contributed by atoms with E-state index in [0.717, 1.165) is 0 Å². The molecule has 180 valence electrons. The van der Waals surface area contributed by atoms with Gasteiger partial charge in [0.1, 0.15) is 23.2 Å². The third-order valence-electron chi connectivity index (χ3n) is 4.41. The van der Waals surface area contributed by atoms with Gasteiger partial charge >= 0.3 is 6.16 Å². The summed E-state index contributed by atoms with van der Waals surface area (Å²) < 4.78 is 52.3. The number of aromatic hydroxyl groups is 1. The molecule has 4 atom stereocenters. The van der Waals surface area contributed by atoms with Crippen LogP contribution in [-0.2, 0) is 28.5 Å². The van der Waals surface area contributed by atoms with E-state index in [2.05, 4.69) is 0 Å². The molecule has 0 unspecified atom stereocenters. The summed E-state index contributed by atoms with van der Waals surface area (Å²) in [4.78, 5) is 11.9. The highest BCUT2D eigenvalue weighted by Gasteiger charge is 2.47. The van der Waals surface area contributed by atoms with Gasteiger partial charge < -0.3 is 29.2 Å². The first-order valence-corrected chi connectivity index (χ1v) is 11.5. The Morgan fingerprint density at radius 3 is 2.30 bits per heavy atom. The lowest BCUT2D eigenvalue weighted by molar-refractivity contribution is -0.237. The first-order valence-electron chi connectivity index (χ1n) is 10.1. The van der Waals surface area contributed by atoms with E-state index < -0.39 is 46.5 Å². The zero-order valence-corrected chi connectivity index (χ0v) is 19.1. The van der Waals surface area contributed by atoms with Crippen molar-refractivity contribution in [3.8, 4) is 11.5 Å². The molecule has 0 amide bonds. The number of phenolic OH excluding ortho intramolecular Hbond substituents is 1. The van der Waals surface area contributed by atoms with Crippen molar-refractivity contribution in [2.45, 2.75) is 55.9 Å². The molecule has 33 heavy (non-hydrogen) atoms. The van der Waals surface area contributed by atoms with E-state index in [9.17, 15) is 23.4 Å². The van der Waals surface area contributed by atoms with Gasteiger partial charge in [-0.25, -0.2) is 4.79 Å². The van der Waals surface area contributed by atoms with Crippen LogP contribution in [0.4, 0.5) is 4.79 Å². The first kappa shape index (κ1) is 24.8. The minimum atomic E-state index is -4.34. The molecule has 0 aromatic heterocycles. The van der Waals surface area contributed by atoms with Crippen LogP contribution in [0.1, 0.15) is 20.8 Å². The van der Waals surface area contributed by atoms with E-state index in [1.807, 2.05) is 0 Å². The van der Waals surface area contributed by atoms with Crippen LogP contribution in [-0.4, -0.2) is 61.6 Å². The standard InChI is InChI=1S/C22H26O10S/c1-22(2,3)31-21(25)30-17-13-28-20(29-15-11-9-14(23)10-12-15)19(18(17)24)32-33(26,27)16-7-5-4-6-8-16/h4-12,17-20,23-24H,13H2,1-3H3/t17-,18+,19-,20+/m1/s1. The van der Waals surface area contributed by atoms with Gasteiger partial charge in [-0.15, -0.1) is 0 Å². The second-order valence-electron chi connectivity index (χ2n) is 8.25. The average molecular weight is 483 g/mol. The minimum Gasteiger partial charge on any atom is -0.508 e. The number of hydrogen-bond acceptors (Lipinski definition) is 10. The molecule has 1 fully saturated rings. The van der Waals surface area contributed by atoms with Gasteiger partial charge in [-0.1, -0.05) is 18.2 Å². The highest BCUT2D eigenvalue weighted by molar-refractivity contribution is 7.86. The van der Waals surface area contributed by atoms with Crippen LogP contribution in [0.25, 0.3) is 0 Å². The Morgan fingerprint density at radius 1 is 1.06 bits per heavy atom. The Kier molecular flexibility index (Phi) is 7.48. The maximum absolute atomic E-state index is 12.8. The molecule has 0 spiro atoms. The molecule has 10 nitrogen and oxygen atoms in total. The lowest BCUT2D eigenvalue weighted by Gasteiger charge is -2.38. The largest absolute Gasteiger partial charge is 0.509 e. The molecule has 0 saturated carbocycles. The van der Waals surface area contributed by atoms with E-state index in [1.54, 1.807) is 26.8 Å². The molecule has 1 saturated heterocycles. The smallest absolute Gasteiger partial charge is 0.508 e. The van der Waals surface area contributed by atoms with Gasteiger partial charge in [0.15, 0.2) is 12.2 Å². The molecule has 1 heterocycles. The number of carbonyl (C=O) groups is 1. The molecule has 2 aromatic carbocycles. The fraction of sp³-hybridized carbons (Fsp3) is 0.409. The fourth-order valence-electron chi connectivity index (χ4n) is 2.91. The van der Waals surface area contributed by atoms with E-state index in [-0.39, 0.29) is 23.0 Å². The number of rotatable bonds is 6. The van der Waals surface area contributed by atoms with Crippen LogP contribution in [0.3, 0.4) is 0 Å². The Hall–Kier alpha value is -2.86. The molecule has 2 aromatic rings. The third-order valence-corrected chi connectivity index (χ3v) is 5.73. The van der Waals surface area contributed by atoms with Crippen LogP contribution in [0.5, 0.6) is 11.5 Å². The van der Waals surface area contributed by atoms with Gasteiger partial charge in [-0.05, 0) is 57.2 Å². The van der Waals surface area contributed by atoms with Gasteiger partial charge in [-0.2, -0.15) is 8.42 Å². The van der Waals surface area contributed by atoms with Crippen molar-refractivity contribution in [2.75, 3.05) is 6.61 Å². The van der Waals surface area contributed by atoms with Crippen molar-refractivity contribution < 1.29 is 46.6 Å². The number of phenols is 1. The maximum atomic E-state index is 12.8. The molecule has 0 radical (unpaired) electrons. The Balaban J connectivity index is 1.82. The van der Waals surface area contributed by atoms with Crippen molar-refractivity contribution in [1.29, 1.82) is 0 Å². The van der Waals surface area contributed by atoms with Gasteiger partial charge in [0.05, 0.1) is 11.5 Å². The highest BCUT2D eigenvalue weighted by atomic mass is 32.2. The fourth-order valence-corrected chi connectivity index (χ4v) is 4.01. The Bertz CT molecular complexity index is 1030. The zero-order valence-electron chi connectivity index (χ0n) is 18.3. The molecule has 2 N–H and O–H groups in total. The van der Waals surface area contributed by atoms with Gasteiger partial charge in [0.2, 0.25) is 6.29 Å². The van der Waals surface area contributed by atoms with Crippen molar-refractivity contribution >= 4 is 16.3 Å². The van der Waals surface area contributed by atoms with Crippen LogP contribution in [0, 0.1) is 0 Å². The van der Waals surface area contributed by atoms with E-state index in [4.69, 9.17) is 23.1 Å². The van der Waals surface area contributed by atoms with Crippen LogP contribution >= 0.6 is 0 Å². The zero-order chi connectivity index (χ0) is 24.2. The van der Waals surface area contributed by atoms with Crippen molar-refractivity contribution in [3.63, 3.8) is 0 Å². The van der Waals surface area contributed by atoms with Crippen molar-refractivity contribution in [3.05, 3.63) is 54.6 Å². The number of aliphatic hydroxyl groups excluding tert-OH is 1. The predicted octanol–water partition coefficient (Wildman–Crippen LogP) is 2.58. The summed E-state index contributed by atoms with van der Waals surface area (Å²) in [5, 5.41) is 20.3. The molecular formula is C22H26O10S. The second kappa shape index (κ2) is 9.96. The normalized spacial score (nSPS) is 23.5. The summed E-state index contributed by atoms with van der Waals surface area (Å²) >= 11 is 0. The van der Waals surface area contributed by atoms with Gasteiger partial charge in [-0.3, -0.25) is 4.18 Å². The van der Waals surface area contributed by atoms with E-state index in [1.165, 1.54) is 48.5 Å². The molecule has 0 aliphatic carbocycles. The summed E-state index contributed by atoms with van der Waals surface area (Å²) in [5.74, 6) is 0.222. The number of hydrogen-bond donors (Lipinski definition) is 2. The summed E-state index contributed by atoms with van der Waals surface area (Å²) in [5.41, 5.74) is -0.839. The van der Waals surface area contributed by atoms with Crippen LogP contribution < -0.4 is 4.74 Å². The molecule has 3 rings (SSSR count). The predicted molar refractivity (Wildman–Crippen MR) is 114 cm³/mol. The number of carbonyl (C=O) groups excluding carboxylic acids is 1. The molecular weight excluding hydrogens is 456 g/mol. The molecule has 1 aliphatic rings. The molecule has 11 heteroatoms. The number of aliphatic hydroxyl groups is 1. The molecule has 0 bridgehead atoms. The van der Waals surface area contributed by atoms with Crippen molar-refractivity contribution in [1.82, 2.24) is 0 Å². The Labute approximate surface area is 191 Å². The number of benzene rings is 2. The first-order chi connectivity index (χ1) is 15.4. The Morgan fingerprint density at radius 2 is 1.70 bits per heavy atom. The average Bonchev–Trinajstić information content (AvgIpc) is 2.73. The quantitative estimate of drug-likeness (QED) is 0.467. The molecule has 1 aliphatic heterocycles. The third kappa shape index (κ3) is 6.81. The SMILES string of the molecule is CC(C)(C)OC(=O)O[C@@H]1CO[C@@H](Oc2ccc(O)cc2)[C@H](OS(=O)(=O)c2ccccc2)[C@H]1O. The summed E-state index contributed by atoms with van der Waals surface area (Å²) in [6.07, 6.45) is -6.94.